The lowest BCUT2D eigenvalue weighted by Gasteiger charge is -2.51. The zero-order valence-electron chi connectivity index (χ0n) is 29.5. The zero-order chi connectivity index (χ0) is 41.1. The molecule has 0 bridgehead atoms. The Morgan fingerprint density at radius 3 is 0.559 bits per heavy atom. The van der Waals surface area contributed by atoms with Crippen LogP contribution in [0.25, 0.3) is 0 Å². The molecule has 12 rings (SSSR count). The van der Waals surface area contributed by atoms with E-state index in [4.69, 9.17) is 0 Å². The van der Waals surface area contributed by atoms with Crippen LogP contribution in [0.15, 0.2) is 109 Å². The molecular formula is C41H18N6O12. The molecule has 284 valence electrons. The van der Waals surface area contributed by atoms with Gasteiger partial charge in [-0.1, -0.05) is 36.4 Å². The van der Waals surface area contributed by atoms with E-state index in [-0.39, 0.29) is 39.7 Å². The summed E-state index contributed by atoms with van der Waals surface area (Å²) in [6, 6.07) is 25.4. The van der Waals surface area contributed by atoms with Crippen LogP contribution in [0, 0.1) is 66.1 Å². The molecule has 18 nitrogen and oxygen atoms in total. The van der Waals surface area contributed by atoms with Crippen molar-refractivity contribution in [2.75, 3.05) is 0 Å². The number of nitro benzene ring substituents is 6. The van der Waals surface area contributed by atoms with E-state index in [2.05, 4.69) is 0 Å². The highest BCUT2D eigenvalue weighted by atomic mass is 16.6. The molecule has 59 heavy (non-hydrogen) atoms. The molecule has 0 aliphatic heterocycles. The fourth-order valence-electron chi connectivity index (χ4n) is 13.6. The lowest BCUT2D eigenvalue weighted by atomic mass is 9.47. The van der Waals surface area contributed by atoms with Crippen LogP contribution < -0.4 is 0 Å². The van der Waals surface area contributed by atoms with Gasteiger partial charge >= 0.3 is 0 Å². The second-order valence-electron chi connectivity index (χ2n) is 15.7. The van der Waals surface area contributed by atoms with E-state index < -0.39 is 56.6 Å². The first kappa shape index (κ1) is 32.9. The third-order valence-corrected chi connectivity index (χ3v) is 14.4. The van der Waals surface area contributed by atoms with Crippen molar-refractivity contribution < 1.29 is 29.5 Å². The first-order chi connectivity index (χ1) is 28.2. The predicted octanol–water partition coefficient (Wildman–Crippen LogP) is 7.44. The van der Waals surface area contributed by atoms with Crippen molar-refractivity contribution in [2.24, 2.45) is 5.41 Å². The van der Waals surface area contributed by atoms with Crippen LogP contribution in [0.2, 0.25) is 0 Å². The number of fused-ring (bicyclic) bond motifs is 6. The lowest BCUT2D eigenvalue weighted by molar-refractivity contribution is -0.385. The Bertz CT molecular complexity index is 3090. The molecule has 0 N–H and O–H groups in total. The highest BCUT2D eigenvalue weighted by molar-refractivity contribution is 6.00. The van der Waals surface area contributed by atoms with Gasteiger partial charge in [-0.25, -0.2) is 0 Å². The molecule has 6 aliphatic rings. The van der Waals surface area contributed by atoms with Crippen LogP contribution >= 0.6 is 0 Å². The molecule has 0 saturated heterocycles. The molecule has 1 spiro atoms. The standard InChI is InChI=1S/C41H18N6O12/c48-42(49)19-1-7-25-31(13-19)38-27-9-3-21(44(52)53)15-33(27)39-29-11-5-20(43(50)51)14-32(29)37(25)26-8-2-22(45(54)55)16-34(26)40(41(37,38)39,30-12-6-24(47(58)59)18-36(30)39)35-17-23(46(56)57)4-10-28(35)38/h1-18H/t37-,38?,39+,40?,41?/m0/s1. The maximum atomic E-state index is 12.7. The largest absolute Gasteiger partial charge is 0.269 e. The Morgan fingerprint density at radius 1 is 0.254 bits per heavy atom. The predicted molar refractivity (Wildman–Crippen MR) is 201 cm³/mol. The first-order valence-electron chi connectivity index (χ1n) is 18.0. The van der Waals surface area contributed by atoms with Crippen molar-refractivity contribution in [1.29, 1.82) is 0 Å². The molecule has 0 saturated carbocycles. The Hall–Kier alpha value is -8.28. The van der Waals surface area contributed by atoms with E-state index in [0.717, 1.165) is 0 Å². The number of hydrogen-bond acceptors (Lipinski definition) is 12. The van der Waals surface area contributed by atoms with Crippen molar-refractivity contribution in [2.45, 2.75) is 21.7 Å². The van der Waals surface area contributed by atoms with E-state index in [1.165, 1.54) is 78.9 Å². The SMILES string of the molecule is O=[N+]([O-])c1ccc2c(c1)C13c4cc([N+](=O)[O-])ccc4[C@@]45c6ccc([N+](=O)[O-])cc6C26c2ccc([N+](=O)[O-])cc2[C@@](c2cc([N+](=O)[O-])ccc21)(c1ccc([N+](=O)[O-])cc14)C635. The van der Waals surface area contributed by atoms with Crippen molar-refractivity contribution in [3.05, 3.63) is 237 Å². The van der Waals surface area contributed by atoms with Crippen molar-refractivity contribution in [3.8, 4) is 0 Å². The Balaban J connectivity index is 1.48. The summed E-state index contributed by atoms with van der Waals surface area (Å²) in [5.41, 5.74) is -6.25. The van der Waals surface area contributed by atoms with E-state index >= 15 is 0 Å². The number of nitro groups is 6. The highest BCUT2D eigenvalue weighted by Crippen LogP contribution is 2.99. The summed E-state index contributed by atoms with van der Waals surface area (Å²) in [7, 11) is 0. The molecule has 18 heteroatoms. The number of rotatable bonds is 6. The van der Waals surface area contributed by atoms with Crippen LogP contribution in [0.3, 0.4) is 0 Å². The zero-order valence-corrected chi connectivity index (χ0v) is 29.5. The van der Waals surface area contributed by atoms with Gasteiger partial charge in [0.25, 0.3) is 34.1 Å². The number of nitrogens with zero attached hydrogens (tertiary/aromatic N) is 6. The number of benzene rings is 6. The fourth-order valence-corrected chi connectivity index (χ4v) is 13.6. The minimum absolute atomic E-state index is 0.268. The van der Waals surface area contributed by atoms with Crippen LogP contribution in [-0.2, 0) is 21.7 Å². The van der Waals surface area contributed by atoms with Gasteiger partial charge in [-0.3, -0.25) is 60.7 Å². The summed E-state index contributed by atoms with van der Waals surface area (Å²) >= 11 is 0. The van der Waals surface area contributed by atoms with Crippen LogP contribution in [0.1, 0.15) is 66.8 Å². The third kappa shape index (κ3) is 2.78. The summed E-state index contributed by atoms with van der Waals surface area (Å²) in [5, 5.41) is 76.4. The summed E-state index contributed by atoms with van der Waals surface area (Å²) in [5.74, 6) is 0. The quantitative estimate of drug-likeness (QED) is 0.118. The van der Waals surface area contributed by atoms with Crippen LogP contribution in [0.5, 0.6) is 0 Å². The second kappa shape index (κ2) is 9.46. The van der Waals surface area contributed by atoms with E-state index in [1.54, 1.807) is 30.3 Å². The molecule has 6 aromatic carbocycles. The first-order valence-corrected chi connectivity index (χ1v) is 18.0. The summed E-state index contributed by atoms with van der Waals surface area (Å²) in [4.78, 5) is 72.8. The molecule has 0 aromatic heterocycles. The van der Waals surface area contributed by atoms with Crippen molar-refractivity contribution in [3.63, 3.8) is 0 Å². The summed E-state index contributed by atoms with van der Waals surface area (Å²) in [6.45, 7) is 0. The Morgan fingerprint density at radius 2 is 0.407 bits per heavy atom. The molecule has 3 unspecified atom stereocenters. The smallest absolute Gasteiger partial charge is 0.258 e. The van der Waals surface area contributed by atoms with E-state index in [1.807, 2.05) is 0 Å². The normalized spacial score (nSPS) is 26.4. The maximum Gasteiger partial charge on any atom is 0.269 e. The monoisotopic (exact) mass is 786 g/mol. The molecule has 6 aliphatic carbocycles. The number of hydrogen-bond donors (Lipinski definition) is 0. The van der Waals surface area contributed by atoms with Gasteiger partial charge in [0.05, 0.1) is 51.2 Å². The van der Waals surface area contributed by atoms with Gasteiger partial charge in [0.1, 0.15) is 0 Å². The Labute approximate surface area is 326 Å². The topological polar surface area (TPSA) is 259 Å². The van der Waals surface area contributed by atoms with Gasteiger partial charge in [-0.05, 0) is 66.8 Å². The van der Waals surface area contributed by atoms with Gasteiger partial charge in [0, 0.05) is 78.2 Å². The van der Waals surface area contributed by atoms with Gasteiger partial charge in [-0.15, -0.1) is 0 Å². The minimum Gasteiger partial charge on any atom is -0.258 e. The van der Waals surface area contributed by atoms with Gasteiger partial charge in [-0.2, -0.15) is 0 Å². The maximum absolute atomic E-state index is 12.7. The van der Waals surface area contributed by atoms with Gasteiger partial charge in [0.2, 0.25) is 0 Å². The van der Waals surface area contributed by atoms with Crippen LogP contribution in [-0.4, -0.2) is 29.5 Å². The minimum atomic E-state index is -1.74. The average molecular weight is 787 g/mol. The molecule has 0 fully saturated rings. The molecule has 0 heterocycles. The summed E-state index contributed by atoms with van der Waals surface area (Å²) in [6.07, 6.45) is 0. The fraction of sp³-hybridized carbons (Fsp3) is 0.122. The van der Waals surface area contributed by atoms with E-state index in [9.17, 15) is 60.7 Å². The lowest BCUT2D eigenvalue weighted by Crippen LogP contribution is -2.57. The molecule has 0 radical (unpaired) electrons. The van der Waals surface area contributed by atoms with E-state index in [0.29, 0.717) is 61.2 Å². The van der Waals surface area contributed by atoms with Gasteiger partial charge in [0.15, 0.2) is 0 Å². The van der Waals surface area contributed by atoms with Gasteiger partial charge < -0.3 is 0 Å². The van der Waals surface area contributed by atoms with Crippen molar-refractivity contribution >= 4 is 34.1 Å². The number of non-ortho nitro benzene ring substituents is 6. The average Bonchev–Trinajstić information content (AvgIpc) is 3.92. The third-order valence-electron chi connectivity index (χ3n) is 14.4. The molecule has 0 amide bonds. The molecular weight excluding hydrogens is 768 g/mol. The second-order valence-corrected chi connectivity index (χ2v) is 15.7. The highest BCUT2D eigenvalue weighted by Gasteiger charge is 3.00. The summed E-state index contributed by atoms with van der Waals surface area (Å²) < 4.78 is 0. The van der Waals surface area contributed by atoms with Crippen LogP contribution in [0.4, 0.5) is 34.1 Å². The molecule has 6 aromatic rings. The molecule has 5 atom stereocenters. The Kier molecular flexibility index (Phi) is 5.27. The van der Waals surface area contributed by atoms with Crippen molar-refractivity contribution in [1.82, 2.24) is 0 Å².